The molecule has 44 heavy (non-hydrogen) atoms. The number of nitrogens with zero attached hydrogens (tertiary/aromatic N) is 5. The second kappa shape index (κ2) is 11.6. The number of carbonyl (C=O) groups excluding carboxylic acids is 1. The number of nitrogens with one attached hydrogen (secondary N) is 1. The number of piperidine rings is 1. The standard InChI is InChI=1S/C33H33ClF2N6O2/c1-2-26(43)41-13-5-9-22(18-41)38-31-24-16-37-29(23-10-3-7-20-8-4-11-25(34)27(20)23)28(36)30(24)39-32(40-31)44-19-33-12-6-14-42(33)17-21(35)15-33/h2-4,7-8,10-11,16,21-22H,1,5-6,9,12-15,17-19H2,(H,38,39,40)/t21-,22-,33+/m1/s1. The number of carbonyl (C=O) groups is 1. The van der Waals surface area contributed by atoms with Crippen molar-refractivity contribution in [3.8, 4) is 17.3 Å². The number of amides is 1. The zero-order chi connectivity index (χ0) is 30.4. The van der Waals surface area contributed by atoms with Crippen LogP contribution < -0.4 is 10.1 Å². The Morgan fingerprint density at radius 3 is 2.86 bits per heavy atom. The maximum atomic E-state index is 16.6. The van der Waals surface area contributed by atoms with Crippen molar-refractivity contribution in [3.05, 3.63) is 66.1 Å². The molecule has 0 saturated carbocycles. The van der Waals surface area contributed by atoms with E-state index < -0.39 is 17.5 Å². The molecule has 0 radical (unpaired) electrons. The largest absolute Gasteiger partial charge is 0.461 e. The predicted molar refractivity (Wildman–Crippen MR) is 167 cm³/mol. The van der Waals surface area contributed by atoms with E-state index in [-0.39, 0.29) is 35.8 Å². The van der Waals surface area contributed by atoms with E-state index in [1.165, 1.54) is 6.08 Å². The lowest BCUT2D eigenvalue weighted by molar-refractivity contribution is -0.127. The second-order valence-electron chi connectivity index (χ2n) is 12.0. The summed E-state index contributed by atoms with van der Waals surface area (Å²) < 4.78 is 37.2. The average molecular weight is 619 g/mol. The number of hydrogen-bond acceptors (Lipinski definition) is 7. The molecule has 3 aliphatic rings. The van der Waals surface area contributed by atoms with Crippen LogP contribution >= 0.6 is 11.6 Å². The number of anilines is 1. The molecule has 4 aromatic rings. The quantitative estimate of drug-likeness (QED) is 0.248. The molecule has 7 rings (SSSR count). The van der Waals surface area contributed by atoms with Gasteiger partial charge in [-0.05, 0) is 49.8 Å². The van der Waals surface area contributed by atoms with E-state index in [0.717, 1.165) is 37.6 Å². The molecule has 2 aromatic heterocycles. The minimum atomic E-state index is -0.903. The summed E-state index contributed by atoms with van der Waals surface area (Å²) >= 11 is 6.57. The van der Waals surface area contributed by atoms with E-state index >= 15 is 4.39 Å². The Morgan fingerprint density at radius 1 is 1.18 bits per heavy atom. The maximum absolute atomic E-state index is 16.6. The summed E-state index contributed by atoms with van der Waals surface area (Å²) in [4.78, 5) is 30.0. The van der Waals surface area contributed by atoms with Crippen LogP contribution in [0.3, 0.4) is 0 Å². The molecule has 11 heteroatoms. The Balaban J connectivity index is 1.30. The lowest BCUT2D eigenvalue weighted by atomic mass is 9.95. The minimum absolute atomic E-state index is 0.00497. The van der Waals surface area contributed by atoms with Crippen molar-refractivity contribution < 1.29 is 18.3 Å². The van der Waals surface area contributed by atoms with Crippen molar-refractivity contribution in [1.82, 2.24) is 24.8 Å². The number of aromatic nitrogens is 3. The fourth-order valence-electron chi connectivity index (χ4n) is 7.16. The lowest BCUT2D eigenvalue weighted by Crippen LogP contribution is -2.44. The highest BCUT2D eigenvalue weighted by Crippen LogP contribution is 2.41. The van der Waals surface area contributed by atoms with E-state index in [1.54, 1.807) is 23.2 Å². The van der Waals surface area contributed by atoms with Gasteiger partial charge in [-0.25, -0.2) is 8.78 Å². The Kier molecular flexibility index (Phi) is 7.58. The molecule has 228 valence electrons. The van der Waals surface area contributed by atoms with Gasteiger partial charge < -0.3 is 15.0 Å². The number of alkyl halides is 1. The summed E-state index contributed by atoms with van der Waals surface area (Å²) in [6.45, 7) is 6.14. The minimum Gasteiger partial charge on any atom is -0.461 e. The second-order valence-corrected chi connectivity index (χ2v) is 12.4. The van der Waals surface area contributed by atoms with Crippen LogP contribution in [0.15, 0.2) is 55.3 Å². The molecule has 3 aliphatic heterocycles. The molecule has 0 bridgehead atoms. The Labute approximate surface area is 259 Å². The van der Waals surface area contributed by atoms with Crippen molar-refractivity contribution >= 4 is 45.0 Å². The Hall–Kier alpha value is -3.89. The monoisotopic (exact) mass is 618 g/mol. The van der Waals surface area contributed by atoms with Crippen LogP contribution in [0.5, 0.6) is 6.01 Å². The van der Waals surface area contributed by atoms with Gasteiger partial charge in [-0.15, -0.1) is 0 Å². The molecule has 0 spiro atoms. The van der Waals surface area contributed by atoms with Crippen molar-refractivity contribution in [2.24, 2.45) is 0 Å². The maximum Gasteiger partial charge on any atom is 0.319 e. The SMILES string of the molecule is C=CC(=O)N1CCC[C@@H](Nc2nc(OC[C@@]34CCCN3C[C@H](F)C4)nc3c(F)c(-c4cccc5cccc(Cl)c45)ncc23)C1. The van der Waals surface area contributed by atoms with E-state index in [0.29, 0.717) is 53.2 Å². The van der Waals surface area contributed by atoms with Gasteiger partial charge >= 0.3 is 6.01 Å². The summed E-state index contributed by atoms with van der Waals surface area (Å²) in [6.07, 6.45) is 5.75. The first-order chi connectivity index (χ1) is 21.3. The molecule has 1 N–H and O–H groups in total. The molecule has 0 aliphatic carbocycles. The highest BCUT2D eigenvalue weighted by atomic mass is 35.5. The zero-order valence-corrected chi connectivity index (χ0v) is 25.0. The zero-order valence-electron chi connectivity index (χ0n) is 24.2. The van der Waals surface area contributed by atoms with Gasteiger partial charge in [0.2, 0.25) is 5.91 Å². The van der Waals surface area contributed by atoms with Crippen LogP contribution in [0, 0.1) is 5.82 Å². The van der Waals surface area contributed by atoms with Gasteiger partial charge in [-0.1, -0.05) is 48.5 Å². The van der Waals surface area contributed by atoms with Crippen LogP contribution in [-0.2, 0) is 4.79 Å². The van der Waals surface area contributed by atoms with E-state index in [9.17, 15) is 9.18 Å². The fraction of sp³-hybridized carbons (Fsp3) is 0.394. The van der Waals surface area contributed by atoms with Crippen LogP contribution in [0.4, 0.5) is 14.6 Å². The molecule has 2 aromatic carbocycles. The summed E-state index contributed by atoms with van der Waals surface area (Å²) in [6, 6.07) is 11.0. The first-order valence-electron chi connectivity index (χ1n) is 15.1. The molecule has 1 amide bonds. The Bertz CT molecular complexity index is 1770. The van der Waals surface area contributed by atoms with E-state index in [4.69, 9.17) is 16.3 Å². The van der Waals surface area contributed by atoms with Crippen LogP contribution in [0.1, 0.15) is 32.1 Å². The number of fused-ring (bicyclic) bond motifs is 3. The highest BCUT2D eigenvalue weighted by Gasteiger charge is 2.49. The summed E-state index contributed by atoms with van der Waals surface area (Å²) in [5.41, 5.74) is 0.303. The summed E-state index contributed by atoms with van der Waals surface area (Å²) in [5.74, 6) is -0.391. The number of rotatable bonds is 7. The molecular weight excluding hydrogens is 586 g/mol. The van der Waals surface area contributed by atoms with Gasteiger partial charge in [0, 0.05) is 54.3 Å². The van der Waals surface area contributed by atoms with Gasteiger partial charge in [-0.2, -0.15) is 9.97 Å². The topological polar surface area (TPSA) is 83.5 Å². The third-order valence-electron chi connectivity index (χ3n) is 9.25. The highest BCUT2D eigenvalue weighted by molar-refractivity contribution is 6.36. The van der Waals surface area contributed by atoms with E-state index in [2.05, 4.69) is 31.7 Å². The van der Waals surface area contributed by atoms with Crippen molar-refractivity contribution in [3.63, 3.8) is 0 Å². The number of likely N-dealkylation sites (tertiary alicyclic amines) is 1. The summed E-state index contributed by atoms with van der Waals surface area (Å²) in [5, 5.41) is 5.87. The van der Waals surface area contributed by atoms with Crippen molar-refractivity contribution in [2.75, 3.05) is 38.1 Å². The summed E-state index contributed by atoms with van der Waals surface area (Å²) in [7, 11) is 0. The first kappa shape index (κ1) is 28.9. The third kappa shape index (κ3) is 5.13. The van der Waals surface area contributed by atoms with Crippen LogP contribution in [-0.4, -0.2) is 81.2 Å². The number of hydrogen-bond donors (Lipinski definition) is 1. The predicted octanol–water partition coefficient (Wildman–Crippen LogP) is 6.18. The van der Waals surface area contributed by atoms with Gasteiger partial charge in [0.1, 0.15) is 29.8 Å². The van der Waals surface area contributed by atoms with E-state index in [1.807, 2.05) is 24.3 Å². The van der Waals surface area contributed by atoms with Crippen LogP contribution in [0.25, 0.3) is 32.9 Å². The number of ether oxygens (including phenoxy) is 1. The molecular formula is C33H33ClF2N6O2. The number of pyridine rings is 1. The molecule has 8 nitrogen and oxygen atoms in total. The number of benzene rings is 2. The van der Waals surface area contributed by atoms with Gasteiger partial charge in [0.05, 0.1) is 10.9 Å². The van der Waals surface area contributed by atoms with Crippen LogP contribution in [0.2, 0.25) is 5.02 Å². The normalized spacial score (nSPS) is 23.7. The smallest absolute Gasteiger partial charge is 0.319 e. The van der Waals surface area contributed by atoms with Crippen molar-refractivity contribution in [1.29, 1.82) is 0 Å². The number of halogens is 3. The molecule has 3 fully saturated rings. The first-order valence-corrected chi connectivity index (χ1v) is 15.5. The Morgan fingerprint density at radius 2 is 2.02 bits per heavy atom. The molecule has 3 saturated heterocycles. The fourth-order valence-corrected chi connectivity index (χ4v) is 7.44. The van der Waals surface area contributed by atoms with Crippen molar-refractivity contribution in [2.45, 2.75) is 49.9 Å². The lowest BCUT2D eigenvalue weighted by Gasteiger charge is -2.33. The average Bonchev–Trinajstić information content (AvgIpc) is 3.56. The van der Waals surface area contributed by atoms with Gasteiger partial charge in [0.25, 0.3) is 0 Å². The molecule has 3 atom stereocenters. The van der Waals surface area contributed by atoms with Gasteiger partial charge in [-0.3, -0.25) is 14.7 Å². The molecule has 0 unspecified atom stereocenters. The third-order valence-corrected chi connectivity index (χ3v) is 9.57. The molecule has 5 heterocycles. The van der Waals surface area contributed by atoms with Gasteiger partial charge in [0.15, 0.2) is 5.82 Å².